The number of carbonyl (C=O) groups is 2. The van der Waals surface area contributed by atoms with Crippen molar-refractivity contribution in [3.63, 3.8) is 0 Å². The zero-order chi connectivity index (χ0) is 17.1. The van der Waals surface area contributed by atoms with Crippen molar-refractivity contribution in [3.8, 4) is 0 Å². The SMILES string of the molecule is CC(OC(=O)c1cc2ccccc2[nH]1)C(=O)Nc1ccc(Cl)cn1. The highest BCUT2D eigenvalue weighted by molar-refractivity contribution is 6.30. The summed E-state index contributed by atoms with van der Waals surface area (Å²) >= 11 is 5.73. The summed E-state index contributed by atoms with van der Waals surface area (Å²) in [4.78, 5) is 31.1. The van der Waals surface area contributed by atoms with Crippen molar-refractivity contribution in [1.29, 1.82) is 0 Å². The van der Waals surface area contributed by atoms with Crippen LogP contribution in [-0.4, -0.2) is 27.9 Å². The number of nitrogens with one attached hydrogen (secondary N) is 2. The van der Waals surface area contributed by atoms with Gasteiger partial charge in [0.1, 0.15) is 11.5 Å². The molecule has 122 valence electrons. The van der Waals surface area contributed by atoms with Gasteiger partial charge in [-0.1, -0.05) is 29.8 Å². The maximum absolute atomic E-state index is 12.2. The largest absolute Gasteiger partial charge is 0.448 e. The number of anilines is 1. The number of aromatic nitrogens is 2. The first kappa shape index (κ1) is 16.0. The Morgan fingerprint density at radius 3 is 2.75 bits per heavy atom. The van der Waals surface area contributed by atoms with Gasteiger partial charge in [0.2, 0.25) is 0 Å². The lowest BCUT2D eigenvalue weighted by atomic mass is 10.2. The molecule has 0 aliphatic carbocycles. The molecule has 1 atom stereocenters. The molecule has 3 aromatic rings. The molecular formula is C17H14ClN3O3. The lowest BCUT2D eigenvalue weighted by Gasteiger charge is -2.12. The molecule has 0 saturated carbocycles. The Balaban J connectivity index is 1.64. The summed E-state index contributed by atoms with van der Waals surface area (Å²) in [5, 5.41) is 3.92. The monoisotopic (exact) mass is 343 g/mol. The summed E-state index contributed by atoms with van der Waals surface area (Å²) < 4.78 is 5.19. The van der Waals surface area contributed by atoms with E-state index < -0.39 is 18.0 Å². The Bertz CT molecular complexity index is 856. The molecule has 0 spiro atoms. The van der Waals surface area contributed by atoms with Crippen LogP contribution in [0.25, 0.3) is 10.9 Å². The van der Waals surface area contributed by atoms with Crippen LogP contribution in [0.3, 0.4) is 0 Å². The fourth-order valence-corrected chi connectivity index (χ4v) is 2.25. The van der Waals surface area contributed by atoms with Crippen molar-refractivity contribution in [2.24, 2.45) is 0 Å². The molecular weight excluding hydrogens is 330 g/mol. The van der Waals surface area contributed by atoms with Gasteiger partial charge < -0.3 is 15.0 Å². The highest BCUT2D eigenvalue weighted by Crippen LogP contribution is 2.16. The van der Waals surface area contributed by atoms with E-state index in [1.165, 1.54) is 13.1 Å². The zero-order valence-corrected chi connectivity index (χ0v) is 13.5. The summed E-state index contributed by atoms with van der Waals surface area (Å²) in [5.41, 5.74) is 1.12. The molecule has 2 aromatic heterocycles. The van der Waals surface area contributed by atoms with E-state index in [0.29, 0.717) is 16.5 Å². The number of halogens is 1. The molecule has 0 bridgehead atoms. The molecule has 24 heavy (non-hydrogen) atoms. The Kier molecular flexibility index (Phi) is 4.48. The van der Waals surface area contributed by atoms with Gasteiger partial charge in [-0.2, -0.15) is 0 Å². The van der Waals surface area contributed by atoms with Gasteiger partial charge in [-0.15, -0.1) is 0 Å². The predicted octanol–water partition coefficient (Wildman–Crippen LogP) is 3.40. The number of H-pyrrole nitrogens is 1. The molecule has 2 heterocycles. The van der Waals surface area contributed by atoms with E-state index in [4.69, 9.17) is 16.3 Å². The first-order valence-electron chi connectivity index (χ1n) is 7.24. The highest BCUT2D eigenvalue weighted by atomic mass is 35.5. The number of hydrogen-bond acceptors (Lipinski definition) is 4. The molecule has 0 saturated heterocycles. The van der Waals surface area contributed by atoms with Crippen molar-refractivity contribution in [2.45, 2.75) is 13.0 Å². The summed E-state index contributed by atoms with van der Waals surface area (Å²) in [7, 11) is 0. The standard InChI is InChI=1S/C17H14ClN3O3/c1-10(16(22)21-15-7-6-12(18)9-19-15)24-17(23)14-8-11-4-2-3-5-13(11)20-14/h2-10,20H,1H3,(H,19,21,22). The number of fused-ring (bicyclic) bond motifs is 1. The van der Waals surface area contributed by atoms with E-state index in [1.54, 1.807) is 18.2 Å². The number of rotatable bonds is 4. The van der Waals surface area contributed by atoms with Gasteiger partial charge in [-0.25, -0.2) is 9.78 Å². The van der Waals surface area contributed by atoms with Crippen LogP contribution in [0.1, 0.15) is 17.4 Å². The average Bonchev–Trinajstić information content (AvgIpc) is 3.01. The molecule has 1 unspecified atom stereocenters. The van der Waals surface area contributed by atoms with E-state index in [0.717, 1.165) is 10.9 Å². The second-order valence-electron chi connectivity index (χ2n) is 5.17. The number of hydrogen-bond donors (Lipinski definition) is 2. The second-order valence-corrected chi connectivity index (χ2v) is 5.61. The summed E-state index contributed by atoms with van der Waals surface area (Å²) in [6.45, 7) is 1.49. The maximum Gasteiger partial charge on any atom is 0.355 e. The number of pyridine rings is 1. The van der Waals surface area contributed by atoms with E-state index >= 15 is 0 Å². The van der Waals surface area contributed by atoms with Gasteiger partial charge in [-0.05, 0) is 31.2 Å². The molecule has 3 rings (SSSR count). The smallest absolute Gasteiger partial charge is 0.355 e. The Morgan fingerprint density at radius 2 is 2.04 bits per heavy atom. The number of ether oxygens (including phenoxy) is 1. The molecule has 0 aliphatic heterocycles. The van der Waals surface area contributed by atoms with Crippen LogP contribution in [0.2, 0.25) is 5.02 Å². The topological polar surface area (TPSA) is 84.1 Å². The van der Waals surface area contributed by atoms with Crippen LogP contribution in [0, 0.1) is 0 Å². The van der Waals surface area contributed by atoms with E-state index in [1.807, 2.05) is 24.3 Å². The maximum atomic E-state index is 12.2. The number of amides is 1. The van der Waals surface area contributed by atoms with E-state index in [-0.39, 0.29) is 0 Å². The number of aromatic amines is 1. The Labute approximate surface area is 142 Å². The van der Waals surface area contributed by atoms with E-state index in [2.05, 4.69) is 15.3 Å². The van der Waals surface area contributed by atoms with Gasteiger partial charge >= 0.3 is 5.97 Å². The predicted molar refractivity (Wildman–Crippen MR) is 91.1 cm³/mol. The van der Waals surface area contributed by atoms with Crippen molar-refractivity contribution in [1.82, 2.24) is 9.97 Å². The highest BCUT2D eigenvalue weighted by Gasteiger charge is 2.20. The van der Waals surface area contributed by atoms with Crippen molar-refractivity contribution >= 4 is 40.2 Å². The van der Waals surface area contributed by atoms with Crippen LogP contribution < -0.4 is 5.32 Å². The number of carbonyl (C=O) groups excluding carboxylic acids is 2. The number of esters is 1. The Morgan fingerprint density at radius 1 is 1.25 bits per heavy atom. The average molecular weight is 344 g/mol. The minimum Gasteiger partial charge on any atom is -0.448 e. The van der Waals surface area contributed by atoms with Crippen molar-refractivity contribution in [3.05, 3.63) is 59.4 Å². The minimum atomic E-state index is -0.971. The zero-order valence-electron chi connectivity index (χ0n) is 12.7. The summed E-state index contributed by atoms with van der Waals surface area (Å²) in [5.74, 6) is -0.745. The van der Waals surface area contributed by atoms with Gasteiger partial charge in [0, 0.05) is 17.1 Å². The summed E-state index contributed by atoms with van der Waals surface area (Å²) in [6.07, 6.45) is 0.444. The third-order valence-corrected chi connectivity index (χ3v) is 3.61. The van der Waals surface area contributed by atoms with Gasteiger partial charge in [0.15, 0.2) is 6.10 Å². The molecule has 0 aliphatic rings. The number of para-hydroxylation sites is 1. The quantitative estimate of drug-likeness (QED) is 0.711. The van der Waals surface area contributed by atoms with Gasteiger partial charge in [0.05, 0.1) is 5.02 Å². The lowest BCUT2D eigenvalue weighted by Crippen LogP contribution is -2.30. The molecule has 1 aromatic carbocycles. The van der Waals surface area contributed by atoms with Crippen LogP contribution in [-0.2, 0) is 9.53 Å². The number of benzene rings is 1. The molecule has 2 N–H and O–H groups in total. The fraction of sp³-hybridized carbons (Fsp3) is 0.118. The molecule has 1 amide bonds. The van der Waals surface area contributed by atoms with Crippen LogP contribution in [0.5, 0.6) is 0 Å². The molecule has 7 heteroatoms. The third-order valence-electron chi connectivity index (χ3n) is 3.38. The van der Waals surface area contributed by atoms with Crippen LogP contribution in [0.15, 0.2) is 48.7 Å². The second kappa shape index (κ2) is 6.72. The lowest BCUT2D eigenvalue weighted by molar-refractivity contribution is -0.123. The van der Waals surface area contributed by atoms with Gasteiger partial charge in [-0.3, -0.25) is 4.79 Å². The summed E-state index contributed by atoms with van der Waals surface area (Å²) in [6, 6.07) is 12.3. The van der Waals surface area contributed by atoms with E-state index in [9.17, 15) is 9.59 Å². The molecule has 0 radical (unpaired) electrons. The number of nitrogens with zero attached hydrogens (tertiary/aromatic N) is 1. The third kappa shape index (κ3) is 3.55. The fourth-order valence-electron chi connectivity index (χ4n) is 2.14. The molecule has 6 nitrogen and oxygen atoms in total. The van der Waals surface area contributed by atoms with Crippen LogP contribution in [0.4, 0.5) is 5.82 Å². The van der Waals surface area contributed by atoms with Crippen molar-refractivity contribution in [2.75, 3.05) is 5.32 Å². The first-order valence-corrected chi connectivity index (χ1v) is 7.62. The van der Waals surface area contributed by atoms with Crippen LogP contribution >= 0.6 is 11.6 Å². The van der Waals surface area contributed by atoms with Crippen molar-refractivity contribution < 1.29 is 14.3 Å². The first-order chi connectivity index (χ1) is 11.5. The molecule has 0 fully saturated rings. The minimum absolute atomic E-state index is 0.292. The normalized spacial score (nSPS) is 11.9. The van der Waals surface area contributed by atoms with Gasteiger partial charge in [0.25, 0.3) is 5.91 Å². The Hall–Kier alpha value is -2.86.